The van der Waals surface area contributed by atoms with Crippen molar-refractivity contribution in [2.45, 2.75) is 38.6 Å². The summed E-state index contributed by atoms with van der Waals surface area (Å²) < 4.78 is 1.93. The number of nitriles is 1. The van der Waals surface area contributed by atoms with Gasteiger partial charge >= 0.3 is 5.97 Å². The maximum Gasteiger partial charge on any atom is 0.317 e. The van der Waals surface area contributed by atoms with Crippen LogP contribution < -0.4 is 10.6 Å². The van der Waals surface area contributed by atoms with Crippen molar-refractivity contribution in [3.63, 3.8) is 0 Å². The summed E-state index contributed by atoms with van der Waals surface area (Å²) in [5.41, 5.74) is 4.05. The summed E-state index contributed by atoms with van der Waals surface area (Å²) in [7, 11) is 0. The summed E-state index contributed by atoms with van der Waals surface area (Å²) in [6.45, 7) is 6.79. The summed E-state index contributed by atoms with van der Waals surface area (Å²) >= 11 is 0. The first-order valence-corrected chi connectivity index (χ1v) is 12.8. The molecule has 1 unspecified atom stereocenters. The van der Waals surface area contributed by atoms with Gasteiger partial charge in [-0.1, -0.05) is 6.92 Å². The fraction of sp³-hybridized carbons (Fsp3) is 0.444. The van der Waals surface area contributed by atoms with E-state index in [-0.39, 0.29) is 13.2 Å². The Morgan fingerprint density at radius 2 is 2.11 bits per heavy atom. The van der Waals surface area contributed by atoms with Crippen molar-refractivity contribution in [1.29, 1.82) is 5.26 Å². The number of anilines is 3. The molecule has 0 spiro atoms. The van der Waals surface area contributed by atoms with Crippen LogP contribution in [0.1, 0.15) is 36.6 Å². The monoisotopic (exact) mass is 516 g/mol. The van der Waals surface area contributed by atoms with Crippen molar-refractivity contribution in [1.82, 2.24) is 24.6 Å². The number of fused-ring (bicyclic) bond motifs is 1. The van der Waals surface area contributed by atoms with Crippen molar-refractivity contribution in [3.8, 4) is 17.3 Å². The zero-order chi connectivity index (χ0) is 26.9. The van der Waals surface area contributed by atoms with Crippen LogP contribution in [0.2, 0.25) is 0 Å². The summed E-state index contributed by atoms with van der Waals surface area (Å²) in [4.78, 5) is 22.1. The van der Waals surface area contributed by atoms with Crippen LogP contribution in [0, 0.1) is 24.2 Å². The Morgan fingerprint density at radius 1 is 1.32 bits per heavy atom. The summed E-state index contributed by atoms with van der Waals surface area (Å²) in [5.74, 6) is 0.818. The predicted octanol–water partition coefficient (Wildman–Crippen LogP) is 2.74. The van der Waals surface area contributed by atoms with Crippen LogP contribution in [0.25, 0.3) is 11.3 Å². The standard InChI is InChI=1S/C27H32N8O3/c1-17-9-23(35(33-17)13-18-4-7-34(8-5-18)14-24(37)38)32-26-29-6-3-22(31-26)19-10-20(12-28)25-21(11-19)27(2,16-36)15-30-25/h3,6,9-11,18,30,36H,4-5,7-8,13-16H2,1-2H3,(H,37,38)(H,29,31,32). The lowest BCUT2D eigenvalue weighted by Gasteiger charge is -2.30. The van der Waals surface area contributed by atoms with Gasteiger partial charge in [0.2, 0.25) is 5.95 Å². The number of aliphatic hydroxyl groups is 1. The molecule has 3 aromatic rings. The lowest BCUT2D eigenvalue weighted by atomic mass is 9.83. The average molecular weight is 517 g/mol. The normalized spacial score (nSPS) is 19.5. The van der Waals surface area contributed by atoms with Crippen LogP contribution in [-0.2, 0) is 16.8 Å². The van der Waals surface area contributed by atoms with Crippen molar-refractivity contribution < 1.29 is 15.0 Å². The van der Waals surface area contributed by atoms with E-state index in [0.29, 0.717) is 29.7 Å². The van der Waals surface area contributed by atoms with Crippen LogP contribution in [0.15, 0.2) is 30.5 Å². The number of rotatable bonds is 8. The van der Waals surface area contributed by atoms with Crippen LogP contribution in [0.3, 0.4) is 0 Å². The highest BCUT2D eigenvalue weighted by molar-refractivity contribution is 5.76. The van der Waals surface area contributed by atoms with E-state index in [0.717, 1.165) is 60.8 Å². The molecule has 2 aromatic heterocycles. The van der Waals surface area contributed by atoms with Gasteiger partial charge in [-0.3, -0.25) is 9.69 Å². The zero-order valence-electron chi connectivity index (χ0n) is 21.6. The maximum absolute atomic E-state index is 11.0. The molecule has 2 aliphatic rings. The molecule has 0 aliphatic carbocycles. The lowest BCUT2D eigenvalue weighted by Crippen LogP contribution is -2.38. The number of hydrogen-bond donors (Lipinski definition) is 4. The highest BCUT2D eigenvalue weighted by Crippen LogP contribution is 2.41. The Balaban J connectivity index is 1.35. The third-order valence-corrected chi connectivity index (χ3v) is 7.50. The minimum Gasteiger partial charge on any atom is -0.480 e. The minimum atomic E-state index is -0.789. The largest absolute Gasteiger partial charge is 0.480 e. The van der Waals surface area contributed by atoms with Crippen LogP contribution in [0.5, 0.6) is 0 Å². The number of aliphatic hydroxyl groups excluding tert-OH is 1. The molecule has 4 heterocycles. The molecule has 38 heavy (non-hydrogen) atoms. The smallest absolute Gasteiger partial charge is 0.317 e. The molecule has 198 valence electrons. The third kappa shape index (κ3) is 5.18. The molecule has 11 heteroatoms. The van der Waals surface area contributed by atoms with E-state index in [1.807, 2.05) is 41.6 Å². The van der Waals surface area contributed by atoms with Crippen LogP contribution in [0.4, 0.5) is 17.5 Å². The molecule has 5 rings (SSSR count). The fourth-order valence-electron chi connectivity index (χ4n) is 5.31. The molecule has 2 aliphatic heterocycles. The number of carbonyl (C=O) groups is 1. The van der Waals surface area contributed by atoms with E-state index in [1.54, 1.807) is 12.3 Å². The second-order valence-electron chi connectivity index (χ2n) is 10.5. The molecule has 1 saturated heterocycles. The minimum absolute atomic E-state index is 0.0280. The number of carboxylic acids is 1. The lowest BCUT2D eigenvalue weighted by molar-refractivity contribution is -0.138. The van der Waals surface area contributed by atoms with E-state index in [1.165, 1.54) is 0 Å². The van der Waals surface area contributed by atoms with E-state index in [4.69, 9.17) is 10.1 Å². The number of aromatic nitrogens is 4. The third-order valence-electron chi connectivity index (χ3n) is 7.50. The maximum atomic E-state index is 11.0. The summed E-state index contributed by atoms with van der Waals surface area (Å²) in [6, 6.07) is 9.83. The Bertz CT molecular complexity index is 1390. The van der Waals surface area contributed by atoms with Gasteiger partial charge in [0.25, 0.3) is 0 Å². The Kier molecular flexibility index (Phi) is 7.01. The van der Waals surface area contributed by atoms with E-state index in [2.05, 4.69) is 26.8 Å². The van der Waals surface area contributed by atoms with Crippen molar-refractivity contribution >= 4 is 23.4 Å². The number of carboxylic acid groups (broad SMARTS) is 1. The molecule has 0 saturated carbocycles. The van der Waals surface area contributed by atoms with Crippen molar-refractivity contribution in [2.75, 3.05) is 43.4 Å². The zero-order valence-corrected chi connectivity index (χ0v) is 21.6. The van der Waals surface area contributed by atoms with E-state index in [9.17, 15) is 15.2 Å². The summed E-state index contributed by atoms with van der Waals surface area (Å²) in [6.07, 6.45) is 3.51. The quantitative estimate of drug-likeness (QED) is 0.352. The molecular formula is C27H32N8O3. The molecule has 1 aromatic carbocycles. The van der Waals surface area contributed by atoms with Gasteiger partial charge in [-0.2, -0.15) is 10.4 Å². The SMILES string of the molecule is Cc1cc(Nc2nccc(-c3cc(C#N)c4c(c3)C(C)(CO)CN4)n2)n(CC2CCN(CC(=O)O)CC2)n1. The van der Waals surface area contributed by atoms with Gasteiger partial charge in [-0.25, -0.2) is 14.6 Å². The number of piperidine rings is 1. The first-order chi connectivity index (χ1) is 18.3. The number of hydrogen-bond acceptors (Lipinski definition) is 9. The number of aliphatic carboxylic acids is 1. The Labute approximate surface area is 221 Å². The molecule has 0 bridgehead atoms. The average Bonchev–Trinajstić information content (AvgIpc) is 3.43. The fourth-order valence-corrected chi connectivity index (χ4v) is 5.31. The highest BCUT2D eigenvalue weighted by atomic mass is 16.4. The number of likely N-dealkylation sites (tertiary alicyclic amines) is 1. The first kappa shape index (κ1) is 25.6. The van der Waals surface area contributed by atoms with Gasteiger partial charge in [0, 0.05) is 36.3 Å². The van der Waals surface area contributed by atoms with Crippen molar-refractivity contribution in [2.24, 2.45) is 5.92 Å². The molecule has 0 radical (unpaired) electrons. The summed E-state index contributed by atoms with van der Waals surface area (Å²) in [5, 5.41) is 40.0. The van der Waals surface area contributed by atoms with Crippen LogP contribution >= 0.6 is 0 Å². The molecule has 1 fully saturated rings. The van der Waals surface area contributed by atoms with Gasteiger partial charge in [0.15, 0.2) is 0 Å². The molecule has 0 amide bonds. The van der Waals surface area contributed by atoms with Gasteiger partial charge in [-0.15, -0.1) is 0 Å². The topological polar surface area (TPSA) is 152 Å². The molecule has 4 N–H and O–H groups in total. The van der Waals surface area contributed by atoms with Crippen LogP contribution in [-0.4, -0.2) is 73.6 Å². The number of benzene rings is 1. The number of nitrogens with zero attached hydrogens (tertiary/aromatic N) is 6. The number of nitrogens with one attached hydrogen (secondary N) is 2. The number of aryl methyl sites for hydroxylation is 1. The highest BCUT2D eigenvalue weighted by Gasteiger charge is 2.36. The van der Waals surface area contributed by atoms with Gasteiger partial charge in [-0.05, 0) is 62.5 Å². The van der Waals surface area contributed by atoms with E-state index >= 15 is 0 Å². The molecule has 1 atom stereocenters. The van der Waals surface area contributed by atoms with Gasteiger partial charge < -0.3 is 20.8 Å². The Morgan fingerprint density at radius 3 is 2.82 bits per heavy atom. The van der Waals surface area contributed by atoms with Crippen molar-refractivity contribution in [3.05, 3.63) is 47.3 Å². The van der Waals surface area contributed by atoms with Gasteiger partial charge in [0.05, 0.1) is 35.8 Å². The first-order valence-electron chi connectivity index (χ1n) is 12.8. The van der Waals surface area contributed by atoms with E-state index < -0.39 is 11.4 Å². The Hall–Kier alpha value is -4.01. The molecule has 11 nitrogen and oxygen atoms in total. The molecular weight excluding hydrogens is 484 g/mol. The van der Waals surface area contributed by atoms with Gasteiger partial charge in [0.1, 0.15) is 11.9 Å². The second kappa shape index (κ2) is 10.4. The second-order valence-corrected chi connectivity index (χ2v) is 10.5. The predicted molar refractivity (Wildman–Crippen MR) is 142 cm³/mol.